The van der Waals surface area contributed by atoms with Crippen LogP contribution in [0.4, 0.5) is 0 Å². The van der Waals surface area contributed by atoms with Crippen LogP contribution in [0.15, 0.2) is 0 Å². The molecule has 0 bridgehead atoms. The molecule has 162 valence electrons. The summed E-state index contributed by atoms with van der Waals surface area (Å²) in [7, 11) is 1.96. The molecule has 9 nitrogen and oxygen atoms in total. The standard InChI is InChI=1S/C8H19N3O2S.C8H18N2O2S/c1-9(2)14(12,13)11-6-4-5-10(3)7-8-11;1-8-4-6-10(7-5-8)13(11,12)9(2)3/h4-8H2,1-3H3;8H,4-7H2,1-3H3. The van der Waals surface area contributed by atoms with E-state index in [1.807, 2.05) is 7.05 Å². The minimum Gasteiger partial charge on any atom is -0.305 e. The van der Waals surface area contributed by atoms with E-state index in [-0.39, 0.29) is 0 Å². The molecule has 2 aliphatic rings. The normalized spacial score (nSPS) is 22.5. The predicted octanol–water partition coefficient (Wildman–Crippen LogP) is -0.0450. The number of piperidine rings is 1. The molecule has 0 aromatic carbocycles. The van der Waals surface area contributed by atoms with Crippen molar-refractivity contribution < 1.29 is 16.8 Å². The first-order valence-electron chi connectivity index (χ1n) is 9.42. The maximum Gasteiger partial charge on any atom is 0.281 e. The van der Waals surface area contributed by atoms with Gasteiger partial charge in [-0.15, -0.1) is 0 Å². The highest BCUT2D eigenvalue weighted by molar-refractivity contribution is 7.87. The second kappa shape index (κ2) is 10.5. The maximum absolute atomic E-state index is 11.8. The Morgan fingerprint density at radius 1 is 0.704 bits per heavy atom. The first-order chi connectivity index (χ1) is 12.4. The molecule has 2 saturated heterocycles. The highest BCUT2D eigenvalue weighted by atomic mass is 32.2. The van der Waals surface area contributed by atoms with Gasteiger partial charge in [-0.3, -0.25) is 0 Å². The Morgan fingerprint density at radius 3 is 1.59 bits per heavy atom. The molecule has 0 spiro atoms. The molecule has 2 heterocycles. The van der Waals surface area contributed by atoms with Gasteiger partial charge < -0.3 is 4.90 Å². The Bertz CT molecular complexity index is 644. The molecule has 11 heteroatoms. The molecule has 0 radical (unpaired) electrons. The van der Waals surface area contributed by atoms with Crippen LogP contribution in [0.2, 0.25) is 0 Å². The summed E-state index contributed by atoms with van der Waals surface area (Å²) in [4.78, 5) is 2.16. The van der Waals surface area contributed by atoms with Crippen molar-refractivity contribution in [2.75, 3.05) is 74.5 Å². The van der Waals surface area contributed by atoms with Crippen molar-refractivity contribution >= 4 is 20.4 Å². The van der Waals surface area contributed by atoms with Crippen LogP contribution in [0.3, 0.4) is 0 Å². The second-order valence-corrected chi connectivity index (χ2v) is 12.0. The van der Waals surface area contributed by atoms with Crippen LogP contribution in [-0.2, 0) is 20.4 Å². The van der Waals surface area contributed by atoms with Gasteiger partial charge in [0, 0.05) is 60.9 Å². The van der Waals surface area contributed by atoms with Crippen molar-refractivity contribution in [1.82, 2.24) is 22.1 Å². The van der Waals surface area contributed by atoms with Gasteiger partial charge in [0.25, 0.3) is 20.4 Å². The molecule has 2 fully saturated rings. The number of nitrogens with zero attached hydrogens (tertiary/aromatic N) is 5. The number of likely N-dealkylation sites (N-methyl/N-ethyl adjacent to an activating group) is 1. The summed E-state index contributed by atoms with van der Waals surface area (Å²) >= 11 is 0. The van der Waals surface area contributed by atoms with Crippen molar-refractivity contribution in [3.8, 4) is 0 Å². The van der Waals surface area contributed by atoms with E-state index in [1.165, 1.54) is 8.61 Å². The number of rotatable bonds is 4. The van der Waals surface area contributed by atoms with Gasteiger partial charge in [-0.25, -0.2) is 0 Å². The molecule has 0 aromatic rings. The molecule has 27 heavy (non-hydrogen) atoms. The van der Waals surface area contributed by atoms with Gasteiger partial charge in [-0.2, -0.15) is 34.1 Å². The zero-order valence-corrected chi connectivity index (χ0v) is 19.3. The molecule has 0 aliphatic carbocycles. The molecular weight excluding hydrogens is 390 g/mol. The Labute approximate surface area is 166 Å². The van der Waals surface area contributed by atoms with Gasteiger partial charge in [0.1, 0.15) is 0 Å². The van der Waals surface area contributed by atoms with Gasteiger partial charge in [0.05, 0.1) is 0 Å². The van der Waals surface area contributed by atoms with E-state index < -0.39 is 20.4 Å². The Hall–Kier alpha value is -0.300. The minimum absolute atomic E-state index is 0.594. The van der Waals surface area contributed by atoms with Crippen molar-refractivity contribution in [1.29, 1.82) is 0 Å². The molecule has 0 aromatic heterocycles. The molecule has 0 amide bonds. The summed E-state index contributed by atoms with van der Waals surface area (Å²) in [6, 6.07) is 0. The average molecular weight is 428 g/mol. The van der Waals surface area contributed by atoms with Crippen LogP contribution in [0, 0.1) is 5.92 Å². The fraction of sp³-hybridized carbons (Fsp3) is 1.00. The van der Waals surface area contributed by atoms with Crippen LogP contribution in [-0.4, -0.2) is 113 Å². The largest absolute Gasteiger partial charge is 0.305 e. The van der Waals surface area contributed by atoms with Gasteiger partial charge in [0.15, 0.2) is 0 Å². The summed E-state index contributed by atoms with van der Waals surface area (Å²) in [6.45, 7) is 6.51. The lowest BCUT2D eigenvalue weighted by Crippen LogP contribution is -2.44. The molecule has 2 rings (SSSR count). The van der Waals surface area contributed by atoms with E-state index in [4.69, 9.17) is 0 Å². The topological polar surface area (TPSA) is 84.5 Å². The van der Waals surface area contributed by atoms with E-state index in [0.29, 0.717) is 32.1 Å². The van der Waals surface area contributed by atoms with Crippen LogP contribution in [0.5, 0.6) is 0 Å². The van der Waals surface area contributed by atoms with E-state index >= 15 is 0 Å². The maximum atomic E-state index is 11.8. The fourth-order valence-corrected chi connectivity index (χ4v) is 5.20. The summed E-state index contributed by atoms with van der Waals surface area (Å²) in [5.74, 6) is 0.661. The molecule has 0 saturated carbocycles. The number of hydrogen-bond acceptors (Lipinski definition) is 5. The summed E-state index contributed by atoms with van der Waals surface area (Å²) < 4.78 is 52.5. The van der Waals surface area contributed by atoms with E-state index in [2.05, 4.69) is 11.8 Å². The monoisotopic (exact) mass is 427 g/mol. The SMILES string of the molecule is CC1CCN(S(=O)(=O)N(C)C)CC1.CN1CCCN(S(=O)(=O)N(C)C)CC1. The van der Waals surface area contributed by atoms with Crippen molar-refractivity contribution in [2.24, 2.45) is 5.92 Å². The van der Waals surface area contributed by atoms with Gasteiger partial charge in [-0.05, 0) is 38.8 Å². The van der Waals surface area contributed by atoms with Crippen LogP contribution >= 0.6 is 0 Å². The van der Waals surface area contributed by atoms with Gasteiger partial charge in [0.2, 0.25) is 0 Å². The lowest BCUT2D eigenvalue weighted by Gasteiger charge is -2.31. The van der Waals surface area contributed by atoms with Gasteiger partial charge in [-0.1, -0.05) is 6.92 Å². The van der Waals surface area contributed by atoms with E-state index in [0.717, 1.165) is 32.4 Å². The Balaban J connectivity index is 0.000000271. The van der Waals surface area contributed by atoms with Crippen LogP contribution in [0.25, 0.3) is 0 Å². The summed E-state index contributed by atoms with van der Waals surface area (Å²) in [6.07, 6.45) is 2.86. The fourth-order valence-electron chi connectivity index (χ4n) is 2.93. The van der Waals surface area contributed by atoms with E-state index in [1.54, 1.807) is 36.8 Å². The zero-order valence-electron chi connectivity index (χ0n) is 17.6. The Kier molecular flexibility index (Phi) is 9.59. The highest BCUT2D eigenvalue weighted by Crippen LogP contribution is 2.19. The van der Waals surface area contributed by atoms with Crippen molar-refractivity contribution in [3.05, 3.63) is 0 Å². The first-order valence-corrected chi connectivity index (χ1v) is 12.2. The van der Waals surface area contributed by atoms with Crippen molar-refractivity contribution in [2.45, 2.75) is 26.2 Å². The van der Waals surface area contributed by atoms with Gasteiger partial charge >= 0.3 is 0 Å². The molecule has 0 unspecified atom stereocenters. The third-order valence-corrected chi connectivity index (χ3v) is 8.88. The quantitative estimate of drug-likeness (QED) is 0.628. The summed E-state index contributed by atoms with van der Waals surface area (Å²) in [5.41, 5.74) is 0. The van der Waals surface area contributed by atoms with Crippen molar-refractivity contribution in [3.63, 3.8) is 0 Å². The lowest BCUT2D eigenvalue weighted by molar-refractivity contribution is 0.275. The smallest absolute Gasteiger partial charge is 0.281 e. The second-order valence-electron chi connectivity index (χ2n) is 7.72. The first kappa shape index (κ1) is 24.7. The summed E-state index contributed by atoms with van der Waals surface area (Å²) in [5, 5.41) is 0. The highest BCUT2D eigenvalue weighted by Gasteiger charge is 2.28. The van der Waals surface area contributed by atoms with E-state index in [9.17, 15) is 16.8 Å². The lowest BCUT2D eigenvalue weighted by atomic mass is 10.0. The molecule has 2 aliphatic heterocycles. The molecule has 0 N–H and O–H groups in total. The molecule has 0 atom stereocenters. The van der Waals surface area contributed by atoms with Crippen LogP contribution in [0.1, 0.15) is 26.2 Å². The zero-order chi connectivity index (χ0) is 20.8. The molecular formula is C16H37N5O4S2. The third-order valence-electron chi connectivity index (χ3n) is 5.00. The average Bonchev–Trinajstić information content (AvgIpc) is 2.80. The predicted molar refractivity (Wildman–Crippen MR) is 109 cm³/mol. The number of hydrogen-bond donors (Lipinski definition) is 0. The third kappa shape index (κ3) is 7.22. The van der Waals surface area contributed by atoms with Crippen LogP contribution < -0.4 is 0 Å². The Morgan fingerprint density at radius 2 is 1.15 bits per heavy atom. The minimum atomic E-state index is -3.21.